The number of rotatable bonds is 3. The van der Waals surface area contributed by atoms with Crippen LogP contribution in [-0.4, -0.2) is 22.9 Å². The normalized spacial score (nSPS) is 24.2. The van der Waals surface area contributed by atoms with Gasteiger partial charge < -0.3 is 10.4 Å². The first-order valence-corrected chi connectivity index (χ1v) is 3.96. The molecule has 0 bridgehead atoms. The summed E-state index contributed by atoms with van der Waals surface area (Å²) in [6.07, 6.45) is 0.635. The Labute approximate surface area is 78.6 Å². The highest BCUT2D eigenvalue weighted by Gasteiger charge is 2.61. The van der Waals surface area contributed by atoms with Gasteiger partial charge in [-0.2, -0.15) is 0 Å². The van der Waals surface area contributed by atoms with E-state index in [0.29, 0.717) is 0 Å². The summed E-state index contributed by atoms with van der Waals surface area (Å²) < 4.78 is 24.7. The average Bonchev–Trinajstić information content (AvgIpc) is 2.70. The Morgan fingerprint density at radius 2 is 2.07 bits per heavy atom. The summed E-state index contributed by atoms with van der Waals surface area (Å²) in [5, 5.41) is 10.4. The van der Waals surface area contributed by atoms with E-state index in [9.17, 15) is 18.4 Å². The van der Waals surface area contributed by atoms with Crippen LogP contribution >= 0.6 is 0 Å². The minimum atomic E-state index is -2.97. The van der Waals surface area contributed by atoms with Crippen molar-refractivity contribution in [2.45, 2.75) is 19.3 Å². The second kappa shape index (κ2) is 3.36. The predicted molar refractivity (Wildman–Crippen MR) is 42.6 cm³/mol. The molecule has 0 radical (unpaired) electrons. The van der Waals surface area contributed by atoms with Gasteiger partial charge in [-0.05, 0) is 6.92 Å². The fourth-order valence-electron chi connectivity index (χ4n) is 0.967. The first-order valence-electron chi connectivity index (χ1n) is 3.96. The molecule has 0 aromatic heterocycles. The van der Waals surface area contributed by atoms with Gasteiger partial charge in [0.25, 0.3) is 5.92 Å². The van der Waals surface area contributed by atoms with E-state index in [4.69, 9.17) is 5.11 Å². The molecule has 1 aliphatic carbocycles. The number of amides is 1. The van der Waals surface area contributed by atoms with Crippen LogP contribution < -0.4 is 5.32 Å². The second-order valence-electron chi connectivity index (χ2n) is 3.01. The van der Waals surface area contributed by atoms with Crippen molar-refractivity contribution < 1.29 is 23.5 Å². The lowest BCUT2D eigenvalue weighted by Crippen LogP contribution is -2.30. The van der Waals surface area contributed by atoms with Crippen LogP contribution in [0.25, 0.3) is 0 Å². The molecule has 1 amide bonds. The predicted octanol–water partition coefficient (Wildman–Crippen LogP) is 0.746. The molecule has 1 saturated carbocycles. The lowest BCUT2D eigenvalue weighted by Gasteiger charge is -2.03. The minimum Gasteiger partial charge on any atom is -0.477 e. The van der Waals surface area contributed by atoms with Crippen molar-refractivity contribution in [3.8, 4) is 0 Å². The van der Waals surface area contributed by atoms with Gasteiger partial charge in [-0.15, -0.1) is 0 Å². The molecule has 0 aromatic rings. The molecule has 6 heteroatoms. The number of allylic oxidation sites excluding steroid dienone is 1. The van der Waals surface area contributed by atoms with E-state index in [-0.39, 0.29) is 5.70 Å². The van der Waals surface area contributed by atoms with Gasteiger partial charge in [0.05, 0.1) is 0 Å². The van der Waals surface area contributed by atoms with E-state index in [2.05, 4.69) is 0 Å². The van der Waals surface area contributed by atoms with Crippen LogP contribution in [0.3, 0.4) is 0 Å². The van der Waals surface area contributed by atoms with Gasteiger partial charge in [0.1, 0.15) is 11.6 Å². The number of carbonyl (C=O) groups excluding carboxylic acids is 1. The van der Waals surface area contributed by atoms with Crippen molar-refractivity contribution in [3.05, 3.63) is 11.8 Å². The summed E-state index contributed by atoms with van der Waals surface area (Å²) >= 11 is 0. The number of carbonyl (C=O) groups is 2. The molecule has 0 saturated heterocycles. The Kier molecular flexibility index (Phi) is 2.55. The van der Waals surface area contributed by atoms with Crippen molar-refractivity contribution in [3.63, 3.8) is 0 Å². The molecule has 78 valence electrons. The van der Waals surface area contributed by atoms with Gasteiger partial charge in [0.2, 0.25) is 5.91 Å². The summed E-state index contributed by atoms with van der Waals surface area (Å²) in [6.45, 7) is 1.40. The zero-order valence-electron chi connectivity index (χ0n) is 7.38. The molecule has 1 atom stereocenters. The largest absolute Gasteiger partial charge is 0.477 e. The first kappa shape index (κ1) is 10.6. The van der Waals surface area contributed by atoms with Crippen molar-refractivity contribution >= 4 is 11.9 Å². The van der Waals surface area contributed by atoms with Crippen molar-refractivity contribution in [1.29, 1.82) is 0 Å². The highest BCUT2D eigenvalue weighted by Crippen LogP contribution is 2.48. The van der Waals surface area contributed by atoms with E-state index in [1.165, 1.54) is 6.92 Å². The van der Waals surface area contributed by atoms with E-state index >= 15 is 0 Å². The number of carboxylic acids is 1. The summed E-state index contributed by atoms with van der Waals surface area (Å²) in [5.41, 5.74) is -0.377. The maximum absolute atomic E-state index is 12.4. The van der Waals surface area contributed by atoms with Gasteiger partial charge in [-0.3, -0.25) is 4.79 Å². The summed E-state index contributed by atoms with van der Waals surface area (Å²) in [4.78, 5) is 21.4. The third-order valence-corrected chi connectivity index (χ3v) is 1.92. The molecular weight excluding hydrogens is 196 g/mol. The fourth-order valence-corrected chi connectivity index (χ4v) is 0.967. The average molecular weight is 205 g/mol. The molecule has 0 aromatic carbocycles. The van der Waals surface area contributed by atoms with Gasteiger partial charge in [-0.1, -0.05) is 6.08 Å². The smallest absolute Gasteiger partial charge is 0.352 e. The lowest BCUT2D eigenvalue weighted by atomic mass is 10.3. The van der Waals surface area contributed by atoms with Gasteiger partial charge in [0, 0.05) is 6.42 Å². The van der Waals surface area contributed by atoms with Crippen LogP contribution in [0.1, 0.15) is 13.3 Å². The van der Waals surface area contributed by atoms with Crippen LogP contribution in [0, 0.1) is 5.92 Å². The second-order valence-corrected chi connectivity index (χ2v) is 3.01. The Morgan fingerprint density at radius 3 is 2.36 bits per heavy atom. The van der Waals surface area contributed by atoms with Crippen LogP contribution in [0.4, 0.5) is 8.78 Å². The zero-order chi connectivity index (χ0) is 10.9. The van der Waals surface area contributed by atoms with E-state index < -0.39 is 30.1 Å². The Hall–Kier alpha value is -1.46. The third-order valence-electron chi connectivity index (χ3n) is 1.92. The van der Waals surface area contributed by atoms with Crippen LogP contribution in [0.15, 0.2) is 11.8 Å². The van der Waals surface area contributed by atoms with Gasteiger partial charge in [0.15, 0.2) is 0 Å². The van der Waals surface area contributed by atoms with Gasteiger partial charge >= 0.3 is 5.97 Å². The highest BCUT2D eigenvalue weighted by molar-refractivity contribution is 5.94. The lowest BCUT2D eigenvalue weighted by molar-refractivity contribution is -0.135. The molecule has 0 heterocycles. The number of hydrogen-bond donors (Lipinski definition) is 2. The van der Waals surface area contributed by atoms with Gasteiger partial charge in [-0.25, -0.2) is 13.6 Å². The molecule has 14 heavy (non-hydrogen) atoms. The van der Waals surface area contributed by atoms with E-state index in [1.807, 2.05) is 5.32 Å². The summed E-state index contributed by atoms with van der Waals surface area (Å²) in [5.74, 6) is -6.63. The topological polar surface area (TPSA) is 66.4 Å². The SMILES string of the molecule is C/C=C(\NC(=O)C1CC1(F)F)C(=O)O. The first-order chi connectivity index (χ1) is 6.38. The molecule has 0 aliphatic heterocycles. The Morgan fingerprint density at radius 1 is 1.57 bits per heavy atom. The standard InChI is InChI=1S/C8H9F2NO3/c1-2-5(7(13)14)11-6(12)4-3-8(4,9)10/h2,4H,3H2,1H3,(H,11,12)(H,13,14)/b5-2-. The monoisotopic (exact) mass is 205 g/mol. The number of halogens is 2. The van der Waals surface area contributed by atoms with Crippen molar-refractivity contribution in [1.82, 2.24) is 5.32 Å². The Balaban J connectivity index is 2.54. The molecule has 0 spiro atoms. The molecule has 1 rings (SSSR count). The van der Waals surface area contributed by atoms with Crippen LogP contribution in [0.2, 0.25) is 0 Å². The van der Waals surface area contributed by atoms with E-state index in [1.54, 1.807) is 0 Å². The Bertz CT molecular complexity index is 312. The molecular formula is C8H9F2NO3. The van der Waals surface area contributed by atoms with E-state index in [0.717, 1.165) is 6.08 Å². The fraction of sp³-hybridized carbons (Fsp3) is 0.500. The van der Waals surface area contributed by atoms with Crippen molar-refractivity contribution in [2.24, 2.45) is 5.92 Å². The maximum Gasteiger partial charge on any atom is 0.352 e. The molecule has 1 aliphatic rings. The number of nitrogens with one attached hydrogen (secondary N) is 1. The number of carboxylic acid groups (broad SMARTS) is 1. The van der Waals surface area contributed by atoms with Crippen LogP contribution in [-0.2, 0) is 9.59 Å². The molecule has 4 nitrogen and oxygen atoms in total. The third kappa shape index (κ3) is 2.07. The van der Waals surface area contributed by atoms with Crippen molar-refractivity contribution in [2.75, 3.05) is 0 Å². The number of alkyl halides is 2. The highest BCUT2D eigenvalue weighted by atomic mass is 19.3. The van der Waals surface area contributed by atoms with Crippen LogP contribution in [0.5, 0.6) is 0 Å². The minimum absolute atomic E-state index is 0.377. The molecule has 2 N–H and O–H groups in total. The summed E-state index contributed by atoms with van der Waals surface area (Å²) in [6, 6.07) is 0. The number of aliphatic carboxylic acids is 1. The number of hydrogen-bond acceptors (Lipinski definition) is 2. The molecule has 1 fully saturated rings. The zero-order valence-corrected chi connectivity index (χ0v) is 7.38. The maximum atomic E-state index is 12.4. The molecule has 1 unspecified atom stereocenters. The quantitative estimate of drug-likeness (QED) is 0.668. The summed E-state index contributed by atoms with van der Waals surface area (Å²) in [7, 11) is 0.